The van der Waals surface area contributed by atoms with Gasteiger partial charge in [-0.25, -0.2) is 0 Å². The zero-order valence-electron chi connectivity index (χ0n) is 11.8. The summed E-state index contributed by atoms with van der Waals surface area (Å²) in [6, 6.07) is 8.74. The van der Waals surface area contributed by atoms with E-state index in [-0.39, 0.29) is 0 Å². The average molecular weight is 231 g/mol. The molecule has 0 amide bonds. The van der Waals surface area contributed by atoms with E-state index in [2.05, 4.69) is 64.2 Å². The van der Waals surface area contributed by atoms with Gasteiger partial charge in [0.25, 0.3) is 0 Å². The number of hydrogen-bond donors (Lipinski definition) is 1. The Hall–Kier alpha value is -0.820. The molecule has 1 saturated carbocycles. The molecule has 1 heteroatoms. The van der Waals surface area contributed by atoms with Crippen LogP contribution in [0.25, 0.3) is 0 Å². The molecule has 2 rings (SSSR count). The molecule has 0 aliphatic heterocycles. The van der Waals surface area contributed by atoms with Gasteiger partial charge in [-0.15, -0.1) is 0 Å². The third kappa shape index (κ3) is 2.26. The molecule has 94 valence electrons. The smallest absolute Gasteiger partial charge is 0.0205 e. The van der Waals surface area contributed by atoms with Gasteiger partial charge in [-0.2, -0.15) is 0 Å². The molecule has 0 aromatic heterocycles. The van der Waals surface area contributed by atoms with Crippen LogP contribution in [0.5, 0.6) is 0 Å². The molecular formula is C16H25N. The van der Waals surface area contributed by atoms with Gasteiger partial charge in [0.2, 0.25) is 0 Å². The second-order valence-corrected chi connectivity index (χ2v) is 6.62. The van der Waals surface area contributed by atoms with Crippen LogP contribution >= 0.6 is 0 Å². The highest BCUT2D eigenvalue weighted by molar-refractivity contribution is 5.22. The largest absolute Gasteiger partial charge is 0.312 e. The Balaban J connectivity index is 1.82. The van der Waals surface area contributed by atoms with Crippen LogP contribution in [-0.2, 0) is 6.54 Å². The van der Waals surface area contributed by atoms with Gasteiger partial charge in [0, 0.05) is 6.54 Å². The van der Waals surface area contributed by atoms with Crippen molar-refractivity contribution in [3.05, 3.63) is 35.4 Å². The van der Waals surface area contributed by atoms with Crippen LogP contribution < -0.4 is 5.32 Å². The molecular weight excluding hydrogens is 206 g/mol. The van der Waals surface area contributed by atoms with Crippen molar-refractivity contribution >= 4 is 0 Å². The number of rotatable bonds is 4. The Kier molecular flexibility index (Phi) is 3.07. The molecule has 1 fully saturated rings. The monoisotopic (exact) mass is 231 g/mol. The molecule has 1 aliphatic rings. The minimum Gasteiger partial charge on any atom is -0.312 e. The Bertz CT molecular complexity index is 390. The molecule has 0 bridgehead atoms. The van der Waals surface area contributed by atoms with E-state index in [9.17, 15) is 0 Å². The number of benzene rings is 1. The molecule has 0 radical (unpaired) electrons. The SMILES string of the molecule is Cc1cccc(CNCC2C(C)(C)C2(C)C)c1. The van der Waals surface area contributed by atoms with E-state index in [1.165, 1.54) is 11.1 Å². The van der Waals surface area contributed by atoms with Crippen LogP contribution in [0.1, 0.15) is 38.8 Å². The highest BCUT2D eigenvalue weighted by atomic mass is 14.9. The van der Waals surface area contributed by atoms with Crippen LogP contribution in [0, 0.1) is 23.7 Å². The first kappa shape index (κ1) is 12.6. The van der Waals surface area contributed by atoms with Crippen molar-refractivity contribution in [1.29, 1.82) is 0 Å². The molecule has 0 saturated heterocycles. The van der Waals surface area contributed by atoms with Crippen LogP contribution in [0.4, 0.5) is 0 Å². The number of aryl methyl sites for hydroxylation is 1. The molecule has 0 unspecified atom stereocenters. The van der Waals surface area contributed by atoms with Gasteiger partial charge in [0.1, 0.15) is 0 Å². The maximum atomic E-state index is 3.60. The molecule has 1 aromatic carbocycles. The van der Waals surface area contributed by atoms with Crippen LogP contribution in [-0.4, -0.2) is 6.54 Å². The summed E-state index contributed by atoms with van der Waals surface area (Å²) in [7, 11) is 0. The lowest BCUT2D eigenvalue weighted by atomic mass is 10.0. The van der Waals surface area contributed by atoms with E-state index in [0.717, 1.165) is 19.0 Å². The maximum Gasteiger partial charge on any atom is 0.0205 e. The summed E-state index contributed by atoms with van der Waals surface area (Å²) in [4.78, 5) is 0. The van der Waals surface area contributed by atoms with Gasteiger partial charge >= 0.3 is 0 Å². The van der Waals surface area contributed by atoms with Crippen LogP contribution in [0.15, 0.2) is 24.3 Å². The van der Waals surface area contributed by atoms with E-state index in [0.29, 0.717) is 10.8 Å². The van der Waals surface area contributed by atoms with E-state index >= 15 is 0 Å². The minimum atomic E-state index is 0.493. The summed E-state index contributed by atoms with van der Waals surface area (Å²) < 4.78 is 0. The van der Waals surface area contributed by atoms with Crippen molar-refractivity contribution in [1.82, 2.24) is 5.32 Å². The van der Waals surface area contributed by atoms with Crippen molar-refractivity contribution in [2.75, 3.05) is 6.54 Å². The zero-order chi connectivity index (χ0) is 12.7. The van der Waals surface area contributed by atoms with Crippen LogP contribution in [0.2, 0.25) is 0 Å². The fraction of sp³-hybridized carbons (Fsp3) is 0.625. The van der Waals surface area contributed by atoms with E-state index in [4.69, 9.17) is 0 Å². The van der Waals surface area contributed by atoms with Gasteiger partial charge in [-0.1, -0.05) is 57.5 Å². The lowest BCUT2D eigenvalue weighted by molar-refractivity contribution is 0.457. The number of nitrogens with one attached hydrogen (secondary N) is 1. The fourth-order valence-electron chi connectivity index (χ4n) is 3.03. The van der Waals surface area contributed by atoms with Crippen molar-refractivity contribution in [2.24, 2.45) is 16.7 Å². The van der Waals surface area contributed by atoms with E-state index < -0.39 is 0 Å². The normalized spacial score (nSPS) is 21.5. The molecule has 0 heterocycles. The summed E-state index contributed by atoms with van der Waals surface area (Å²) >= 11 is 0. The first-order valence-corrected chi connectivity index (χ1v) is 6.62. The molecule has 1 nitrogen and oxygen atoms in total. The topological polar surface area (TPSA) is 12.0 Å². The van der Waals surface area contributed by atoms with Gasteiger partial charge in [0.05, 0.1) is 0 Å². The van der Waals surface area contributed by atoms with Gasteiger partial charge < -0.3 is 5.32 Å². The van der Waals surface area contributed by atoms with Crippen molar-refractivity contribution < 1.29 is 0 Å². The predicted molar refractivity (Wildman–Crippen MR) is 73.9 cm³/mol. The third-order valence-corrected chi connectivity index (χ3v) is 5.08. The Morgan fingerprint density at radius 1 is 1.12 bits per heavy atom. The zero-order valence-corrected chi connectivity index (χ0v) is 11.8. The molecule has 1 aromatic rings. The molecule has 1 N–H and O–H groups in total. The Morgan fingerprint density at radius 2 is 1.76 bits per heavy atom. The third-order valence-electron chi connectivity index (χ3n) is 5.08. The summed E-state index contributed by atoms with van der Waals surface area (Å²) in [5.41, 5.74) is 3.72. The summed E-state index contributed by atoms with van der Waals surface area (Å²) in [6.07, 6.45) is 0. The molecule has 0 atom stereocenters. The van der Waals surface area contributed by atoms with Gasteiger partial charge in [-0.05, 0) is 35.8 Å². The molecule has 1 aliphatic carbocycles. The van der Waals surface area contributed by atoms with E-state index in [1.807, 2.05) is 0 Å². The summed E-state index contributed by atoms with van der Waals surface area (Å²) in [6.45, 7) is 13.8. The first-order valence-electron chi connectivity index (χ1n) is 6.62. The second kappa shape index (κ2) is 4.13. The Labute approximate surface area is 106 Å². The lowest BCUT2D eigenvalue weighted by Crippen LogP contribution is -2.18. The van der Waals surface area contributed by atoms with Gasteiger partial charge in [-0.3, -0.25) is 0 Å². The Morgan fingerprint density at radius 3 is 2.29 bits per heavy atom. The van der Waals surface area contributed by atoms with Crippen molar-refractivity contribution in [3.63, 3.8) is 0 Å². The van der Waals surface area contributed by atoms with Crippen molar-refractivity contribution in [3.8, 4) is 0 Å². The summed E-state index contributed by atoms with van der Waals surface area (Å²) in [5, 5.41) is 3.60. The molecule has 17 heavy (non-hydrogen) atoms. The standard InChI is InChI=1S/C16H25N/c1-12-7-6-8-13(9-12)10-17-11-14-15(2,3)16(14,4)5/h6-9,14,17H,10-11H2,1-5H3. The quantitative estimate of drug-likeness (QED) is 0.832. The maximum absolute atomic E-state index is 3.60. The average Bonchev–Trinajstić information content (AvgIpc) is 2.60. The minimum absolute atomic E-state index is 0.493. The number of hydrogen-bond acceptors (Lipinski definition) is 1. The van der Waals surface area contributed by atoms with E-state index in [1.54, 1.807) is 0 Å². The highest BCUT2D eigenvalue weighted by Crippen LogP contribution is 2.67. The van der Waals surface area contributed by atoms with Gasteiger partial charge in [0.15, 0.2) is 0 Å². The second-order valence-electron chi connectivity index (χ2n) is 6.62. The summed E-state index contributed by atoms with van der Waals surface area (Å²) in [5.74, 6) is 0.805. The highest BCUT2D eigenvalue weighted by Gasteiger charge is 2.63. The lowest BCUT2D eigenvalue weighted by Gasteiger charge is -2.07. The predicted octanol–water partition coefficient (Wildman–Crippen LogP) is 3.77. The first-order chi connectivity index (χ1) is 7.85. The van der Waals surface area contributed by atoms with Crippen molar-refractivity contribution in [2.45, 2.75) is 41.2 Å². The fourth-order valence-corrected chi connectivity index (χ4v) is 3.03. The van der Waals surface area contributed by atoms with Crippen LogP contribution in [0.3, 0.4) is 0 Å². The molecule has 0 spiro atoms.